The number of rotatable bonds is 5. The summed E-state index contributed by atoms with van der Waals surface area (Å²) in [5.41, 5.74) is 2.93. The van der Waals surface area contributed by atoms with Crippen molar-refractivity contribution in [3.63, 3.8) is 0 Å². The molecule has 0 amide bonds. The highest BCUT2D eigenvalue weighted by molar-refractivity contribution is 5.47. The predicted molar refractivity (Wildman–Crippen MR) is 98.2 cm³/mol. The van der Waals surface area contributed by atoms with Crippen molar-refractivity contribution in [3.05, 3.63) is 59.9 Å². The Labute approximate surface area is 153 Å². The SMILES string of the molecule is CC(C)c1cc(C2CCCN2Cc2cnc(-c3ccccn3)nc2)no1. The minimum absolute atomic E-state index is 0.307. The summed E-state index contributed by atoms with van der Waals surface area (Å²) >= 11 is 0. The lowest BCUT2D eigenvalue weighted by atomic mass is 10.1. The zero-order valence-corrected chi connectivity index (χ0v) is 15.2. The first-order valence-electron chi connectivity index (χ1n) is 9.13. The van der Waals surface area contributed by atoms with E-state index in [1.165, 1.54) is 6.42 Å². The van der Waals surface area contributed by atoms with Gasteiger partial charge in [-0.1, -0.05) is 25.1 Å². The molecule has 4 heterocycles. The minimum Gasteiger partial charge on any atom is -0.361 e. The molecule has 1 unspecified atom stereocenters. The lowest BCUT2D eigenvalue weighted by Gasteiger charge is -2.22. The van der Waals surface area contributed by atoms with Crippen molar-refractivity contribution in [1.29, 1.82) is 0 Å². The summed E-state index contributed by atoms with van der Waals surface area (Å²) in [7, 11) is 0. The number of nitrogens with zero attached hydrogens (tertiary/aromatic N) is 5. The molecule has 0 N–H and O–H groups in total. The summed E-state index contributed by atoms with van der Waals surface area (Å²) in [6.45, 7) is 6.11. The standard InChI is InChI=1S/C20H23N5O/c1-14(2)19-10-17(24-26-19)18-7-5-9-25(18)13-15-11-22-20(23-12-15)16-6-3-4-8-21-16/h3-4,6,8,10-12,14,18H,5,7,9,13H2,1-2H3. The Balaban J connectivity index is 1.47. The molecular weight excluding hydrogens is 326 g/mol. The summed E-state index contributed by atoms with van der Waals surface area (Å²) in [5, 5.41) is 4.31. The molecule has 3 aromatic rings. The fraction of sp³-hybridized carbons (Fsp3) is 0.400. The van der Waals surface area contributed by atoms with Crippen LogP contribution >= 0.6 is 0 Å². The largest absolute Gasteiger partial charge is 0.361 e. The monoisotopic (exact) mass is 349 g/mol. The Bertz CT molecular complexity index is 844. The molecule has 0 spiro atoms. The van der Waals surface area contributed by atoms with Crippen LogP contribution in [0.2, 0.25) is 0 Å². The molecule has 1 aliphatic heterocycles. The van der Waals surface area contributed by atoms with Crippen LogP contribution in [-0.2, 0) is 6.54 Å². The minimum atomic E-state index is 0.307. The second-order valence-corrected chi connectivity index (χ2v) is 7.07. The van der Waals surface area contributed by atoms with E-state index in [-0.39, 0.29) is 0 Å². The van der Waals surface area contributed by atoms with Crippen molar-refractivity contribution in [2.75, 3.05) is 6.54 Å². The lowest BCUT2D eigenvalue weighted by Crippen LogP contribution is -2.23. The van der Waals surface area contributed by atoms with E-state index in [0.717, 1.165) is 42.2 Å². The van der Waals surface area contributed by atoms with Crippen LogP contribution in [0.1, 0.15) is 55.7 Å². The molecule has 0 saturated carbocycles. The van der Waals surface area contributed by atoms with Crippen molar-refractivity contribution in [2.24, 2.45) is 0 Å². The van der Waals surface area contributed by atoms with E-state index >= 15 is 0 Å². The molecule has 1 atom stereocenters. The Kier molecular flexibility index (Phi) is 4.75. The van der Waals surface area contributed by atoms with Crippen LogP contribution in [0.25, 0.3) is 11.5 Å². The number of likely N-dealkylation sites (tertiary alicyclic amines) is 1. The van der Waals surface area contributed by atoms with Crippen LogP contribution in [0.4, 0.5) is 0 Å². The van der Waals surface area contributed by atoms with E-state index in [4.69, 9.17) is 4.52 Å². The van der Waals surface area contributed by atoms with Gasteiger partial charge in [0, 0.05) is 42.7 Å². The van der Waals surface area contributed by atoms with Crippen LogP contribution in [0.5, 0.6) is 0 Å². The normalized spacial score (nSPS) is 17.9. The van der Waals surface area contributed by atoms with Crippen molar-refractivity contribution in [3.8, 4) is 11.5 Å². The maximum atomic E-state index is 5.49. The second kappa shape index (κ2) is 7.33. The molecular formula is C20H23N5O. The Morgan fingerprint density at radius 3 is 2.73 bits per heavy atom. The topological polar surface area (TPSA) is 67.9 Å². The van der Waals surface area contributed by atoms with Gasteiger partial charge >= 0.3 is 0 Å². The van der Waals surface area contributed by atoms with Crippen LogP contribution < -0.4 is 0 Å². The van der Waals surface area contributed by atoms with Gasteiger partial charge in [0.05, 0.1) is 6.04 Å². The zero-order chi connectivity index (χ0) is 17.9. The Morgan fingerprint density at radius 1 is 1.19 bits per heavy atom. The summed E-state index contributed by atoms with van der Waals surface area (Å²) < 4.78 is 5.49. The van der Waals surface area contributed by atoms with Gasteiger partial charge in [-0.05, 0) is 31.5 Å². The molecule has 0 aromatic carbocycles. The predicted octanol–water partition coefficient (Wildman–Crippen LogP) is 3.99. The average Bonchev–Trinajstić information content (AvgIpc) is 3.32. The van der Waals surface area contributed by atoms with Crippen molar-refractivity contribution in [2.45, 2.75) is 45.2 Å². The van der Waals surface area contributed by atoms with Gasteiger partial charge in [-0.2, -0.15) is 0 Å². The molecule has 1 aliphatic rings. The molecule has 1 fully saturated rings. The number of hydrogen-bond donors (Lipinski definition) is 0. The summed E-state index contributed by atoms with van der Waals surface area (Å²) in [6.07, 6.45) is 7.83. The molecule has 134 valence electrons. The van der Waals surface area contributed by atoms with E-state index in [0.29, 0.717) is 17.8 Å². The maximum Gasteiger partial charge on any atom is 0.178 e. The highest BCUT2D eigenvalue weighted by Gasteiger charge is 2.29. The van der Waals surface area contributed by atoms with Crippen molar-refractivity contribution < 1.29 is 4.52 Å². The van der Waals surface area contributed by atoms with Crippen LogP contribution in [0.3, 0.4) is 0 Å². The highest BCUT2D eigenvalue weighted by atomic mass is 16.5. The van der Waals surface area contributed by atoms with E-state index in [2.05, 4.69) is 44.9 Å². The number of aromatic nitrogens is 4. The highest BCUT2D eigenvalue weighted by Crippen LogP contribution is 2.33. The molecule has 0 bridgehead atoms. The molecule has 26 heavy (non-hydrogen) atoms. The smallest absolute Gasteiger partial charge is 0.178 e. The number of hydrogen-bond acceptors (Lipinski definition) is 6. The molecule has 0 radical (unpaired) electrons. The van der Waals surface area contributed by atoms with E-state index in [1.807, 2.05) is 30.6 Å². The van der Waals surface area contributed by atoms with E-state index in [1.54, 1.807) is 6.20 Å². The molecule has 6 nitrogen and oxygen atoms in total. The molecule has 1 saturated heterocycles. The third-order valence-corrected chi connectivity index (χ3v) is 4.81. The van der Waals surface area contributed by atoms with Gasteiger partial charge in [-0.15, -0.1) is 0 Å². The summed E-state index contributed by atoms with van der Waals surface area (Å²) in [6, 6.07) is 8.16. The van der Waals surface area contributed by atoms with Gasteiger partial charge in [0.15, 0.2) is 5.82 Å². The fourth-order valence-electron chi connectivity index (χ4n) is 3.38. The van der Waals surface area contributed by atoms with Crippen molar-refractivity contribution in [1.82, 2.24) is 25.0 Å². The second-order valence-electron chi connectivity index (χ2n) is 7.07. The van der Waals surface area contributed by atoms with Crippen LogP contribution in [-0.4, -0.2) is 31.6 Å². The first-order valence-corrected chi connectivity index (χ1v) is 9.13. The molecule has 0 aliphatic carbocycles. The zero-order valence-electron chi connectivity index (χ0n) is 15.2. The molecule has 4 rings (SSSR count). The average molecular weight is 349 g/mol. The Hall–Kier alpha value is -2.60. The fourth-order valence-corrected chi connectivity index (χ4v) is 3.38. The lowest BCUT2D eigenvalue weighted by molar-refractivity contribution is 0.235. The molecule has 3 aromatic heterocycles. The van der Waals surface area contributed by atoms with Crippen LogP contribution in [0, 0.1) is 0 Å². The van der Waals surface area contributed by atoms with Gasteiger partial charge in [0.1, 0.15) is 17.1 Å². The summed E-state index contributed by atoms with van der Waals surface area (Å²) in [5.74, 6) is 1.97. The van der Waals surface area contributed by atoms with Gasteiger partial charge in [0.25, 0.3) is 0 Å². The van der Waals surface area contributed by atoms with Crippen LogP contribution in [0.15, 0.2) is 47.4 Å². The number of pyridine rings is 1. The van der Waals surface area contributed by atoms with Gasteiger partial charge in [-0.25, -0.2) is 9.97 Å². The third-order valence-electron chi connectivity index (χ3n) is 4.81. The quantitative estimate of drug-likeness (QED) is 0.694. The van der Waals surface area contributed by atoms with Gasteiger partial charge < -0.3 is 4.52 Å². The first kappa shape index (κ1) is 16.8. The third kappa shape index (κ3) is 3.51. The molecule has 6 heteroatoms. The van der Waals surface area contributed by atoms with Gasteiger partial charge in [-0.3, -0.25) is 9.88 Å². The first-order chi connectivity index (χ1) is 12.7. The van der Waals surface area contributed by atoms with Gasteiger partial charge in [0.2, 0.25) is 0 Å². The van der Waals surface area contributed by atoms with Crippen molar-refractivity contribution >= 4 is 0 Å². The van der Waals surface area contributed by atoms with E-state index < -0.39 is 0 Å². The summed E-state index contributed by atoms with van der Waals surface area (Å²) in [4.78, 5) is 15.7. The van der Waals surface area contributed by atoms with E-state index in [9.17, 15) is 0 Å². The maximum absolute atomic E-state index is 5.49. The Morgan fingerprint density at radius 2 is 2.04 bits per heavy atom.